The SMILES string of the molecule is CC(C)CN(CC1CCC1)[C@@H](CNC(=O)c1ccc(Cl)s1)C(=O)Nc1ccc(N2CCOCC2=O)c(F)c1. The average molecular weight is 565 g/mol. The van der Waals surface area contributed by atoms with Crippen molar-refractivity contribution < 1.29 is 23.5 Å². The molecule has 1 aromatic carbocycles. The van der Waals surface area contributed by atoms with Crippen LogP contribution >= 0.6 is 22.9 Å². The van der Waals surface area contributed by atoms with Crippen LogP contribution in [0.5, 0.6) is 0 Å². The number of nitrogens with one attached hydrogen (secondary N) is 2. The molecule has 4 rings (SSSR count). The second kappa shape index (κ2) is 13.0. The maximum Gasteiger partial charge on any atom is 0.261 e. The van der Waals surface area contributed by atoms with Crippen LogP contribution in [0, 0.1) is 17.7 Å². The van der Waals surface area contributed by atoms with Gasteiger partial charge in [0, 0.05) is 31.9 Å². The molecule has 206 valence electrons. The van der Waals surface area contributed by atoms with Crippen LogP contribution in [0.25, 0.3) is 0 Å². The number of amides is 3. The van der Waals surface area contributed by atoms with Crippen LogP contribution in [0.3, 0.4) is 0 Å². The largest absolute Gasteiger partial charge is 0.370 e. The predicted molar refractivity (Wildman–Crippen MR) is 147 cm³/mol. The van der Waals surface area contributed by atoms with Crippen LogP contribution in [-0.4, -0.2) is 68.1 Å². The highest BCUT2D eigenvalue weighted by Gasteiger charge is 2.31. The van der Waals surface area contributed by atoms with Crippen molar-refractivity contribution >= 4 is 52.0 Å². The fraction of sp³-hybridized carbons (Fsp3) is 0.519. The molecule has 3 amide bonds. The van der Waals surface area contributed by atoms with Crippen molar-refractivity contribution in [2.75, 3.05) is 49.6 Å². The number of anilines is 2. The van der Waals surface area contributed by atoms with Crippen molar-refractivity contribution in [1.82, 2.24) is 10.2 Å². The third kappa shape index (κ3) is 7.31. The minimum absolute atomic E-state index is 0.0876. The molecule has 1 atom stereocenters. The van der Waals surface area contributed by atoms with Gasteiger partial charge in [0.25, 0.3) is 11.8 Å². The van der Waals surface area contributed by atoms with Crippen molar-refractivity contribution in [3.05, 3.63) is 45.4 Å². The van der Waals surface area contributed by atoms with Gasteiger partial charge in [-0.25, -0.2) is 4.39 Å². The van der Waals surface area contributed by atoms with Gasteiger partial charge in [0.1, 0.15) is 18.5 Å². The Balaban J connectivity index is 1.51. The molecule has 2 heterocycles. The molecule has 2 aliphatic rings. The first kappa shape index (κ1) is 28.5. The third-order valence-corrected chi connectivity index (χ3v) is 8.04. The Morgan fingerprint density at radius 2 is 2.05 bits per heavy atom. The highest BCUT2D eigenvalue weighted by atomic mass is 35.5. The number of nitrogens with zero attached hydrogens (tertiary/aromatic N) is 2. The Kier molecular flexibility index (Phi) is 9.75. The lowest BCUT2D eigenvalue weighted by molar-refractivity contribution is -0.125. The molecule has 38 heavy (non-hydrogen) atoms. The standard InChI is InChI=1S/C27H34ClFN4O4S/c1-17(2)14-32(15-18-4-3-5-18)22(13-30-27(36)23-8-9-24(28)38-23)26(35)31-19-6-7-21(20(29)12-19)33-10-11-37-16-25(33)34/h6-9,12,17-18,22H,3-5,10-11,13-16H2,1-2H3,(H,30,36)(H,31,35)/t22-/m0/s1. The monoisotopic (exact) mass is 564 g/mol. The molecule has 1 aromatic heterocycles. The molecule has 0 spiro atoms. The molecule has 1 saturated heterocycles. The zero-order valence-electron chi connectivity index (χ0n) is 21.7. The number of morpholine rings is 1. The summed E-state index contributed by atoms with van der Waals surface area (Å²) in [5.74, 6) is -0.720. The maximum absolute atomic E-state index is 15.0. The number of hydrogen-bond acceptors (Lipinski definition) is 6. The van der Waals surface area contributed by atoms with Crippen LogP contribution in [0.2, 0.25) is 4.34 Å². The number of hydrogen-bond donors (Lipinski definition) is 2. The molecule has 1 saturated carbocycles. The molecule has 0 bridgehead atoms. The smallest absolute Gasteiger partial charge is 0.261 e. The van der Waals surface area contributed by atoms with Gasteiger partial charge in [-0.3, -0.25) is 19.3 Å². The van der Waals surface area contributed by atoms with E-state index in [4.69, 9.17) is 16.3 Å². The van der Waals surface area contributed by atoms with E-state index in [1.54, 1.807) is 18.2 Å². The summed E-state index contributed by atoms with van der Waals surface area (Å²) in [6, 6.07) is 6.96. The molecule has 2 aromatic rings. The van der Waals surface area contributed by atoms with Crippen LogP contribution in [0.4, 0.5) is 15.8 Å². The second-order valence-electron chi connectivity index (χ2n) is 10.2. The fourth-order valence-electron chi connectivity index (χ4n) is 4.71. The van der Waals surface area contributed by atoms with Gasteiger partial charge in [-0.1, -0.05) is 31.9 Å². The summed E-state index contributed by atoms with van der Waals surface area (Å²) in [7, 11) is 0. The minimum atomic E-state index is -0.652. The minimum Gasteiger partial charge on any atom is -0.370 e. The molecule has 2 N–H and O–H groups in total. The Labute approximate surface area is 231 Å². The lowest BCUT2D eigenvalue weighted by Crippen LogP contribution is -2.53. The van der Waals surface area contributed by atoms with E-state index in [0.717, 1.165) is 19.4 Å². The van der Waals surface area contributed by atoms with Crippen LogP contribution in [0.15, 0.2) is 30.3 Å². The van der Waals surface area contributed by atoms with Gasteiger partial charge in [-0.15, -0.1) is 11.3 Å². The van der Waals surface area contributed by atoms with E-state index >= 15 is 0 Å². The summed E-state index contributed by atoms with van der Waals surface area (Å²) in [4.78, 5) is 42.4. The topological polar surface area (TPSA) is 91.0 Å². The predicted octanol–water partition coefficient (Wildman–Crippen LogP) is 4.40. The van der Waals surface area contributed by atoms with Crippen LogP contribution < -0.4 is 15.5 Å². The van der Waals surface area contributed by atoms with E-state index in [2.05, 4.69) is 29.4 Å². The third-order valence-electron chi connectivity index (χ3n) is 6.81. The number of carbonyl (C=O) groups is 3. The maximum atomic E-state index is 15.0. The van der Waals surface area contributed by atoms with Gasteiger partial charge in [0.2, 0.25) is 5.91 Å². The van der Waals surface area contributed by atoms with E-state index in [1.165, 1.54) is 34.8 Å². The molecular weight excluding hydrogens is 531 g/mol. The summed E-state index contributed by atoms with van der Waals surface area (Å²) in [6.45, 7) is 6.24. The molecule has 2 fully saturated rings. The van der Waals surface area contributed by atoms with E-state index in [9.17, 15) is 18.8 Å². The van der Waals surface area contributed by atoms with Crippen LogP contribution in [0.1, 0.15) is 42.8 Å². The van der Waals surface area contributed by atoms with Gasteiger partial charge in [0.15, 0.2) is 0 Å². The zero-order valence-corrected chi connectivity index (χ0v) is 23.2. The fourth-order valence-corrected chi connectivity index (χ4v) is 5.67. The normalized spacial score (nSPS) is 17.0. The van der Waals surface area contributed by atoms with Gasteiger partial charge in [-0.05, 0) is 55.0 Å². The van der Waals surface area contributed by atoms with Gasteiger partial charge < -0.3 is 20.3 Å². The first-order valence-corrected chi connectivity index (χ1v) is 14.2. The van der Waals surface area contributed by atoms with Crippen molar-refractivity contribution in [2.24, 2.45) is 11.8 Å². The molecule has 0 radical (unpaired) electrons. The van der Waals surface area contributed by atoms with E-state index < -0.39 is 11.9 Å². The van der Waals surface area contributed by atoms with Crippen molar-refractivity contribution in [3.63, 3.8) is 0 Å². The van der Waals surface area contributed by atoms with E-state index in [-0.39, 0.29) is 48.8 Å². The van der Waals surface area contributed by atoms with Crippen molar-refractivity contribution in [3.8, 4) is 0 Å². The number of thiophene rings is 1. The summed E-state index contributed by atoms with van der Waals surface area (Å²) in [5.41, 5.74) is 0.438. The number of halogens is 2. The molecule has 1 aliphatic heterocycles. The van der Waals surface area contributed by atoms with Gasteiger partial charge >= 0.3 is 0 Å². The first-order chi connectivity index (χ1) is 18.2. The second-order valence-corrected chi connectivity index (χ2v) is 11.9. The summed E-state index contributed by atoms with van der Waals surface area (Å²) in [6.07, 6.45) is 3.43. The molecule has 8 nitrogen and oxygen atoms in total. The number of carbonyl (C=O) groups excluding carboxylic acids is 3. The Hall–Kier alpha value is -2.53. The molecule has 11 heteroatoms. The molecular formula is C27H34ClFN4O4S. The van der Waals surface area contributed by atoms with Gasteiger partial charge in [0.05, 0.1) is 21.5 Å². The number of ether oxygens (including phenoxy) is 1. The summed E-state index contributed by atoms with van der Waals surface area (Å²) >= 11 is 7.16. The quantitative estimate of drug-likeness (QED) is 0.422. The average Bonchev–Trinajstić information content (AvgIpc) is 3.28. The van der Waals surface area contributed by atoms with Gasteiger partial charge in [-0.2, -0.15) is 0 Å². The Morgan fingerprint density at radius 3 is 2.66 bits per heavy atom. The Bertz CT molecular complexity index is 1160. The number of rotatable bonds is 11. The highest BCUT2D eigenvalue weighted by molar-refractivity contribution is 7.18. The molecule has 0 unspecified atom stereocenters. The lowest BCUT2D eigenvalue weighted by Gasteiger charge is -2.37. The Morgan fingerprint density at radius 1 is 1.26 bits per heavy atom. The van der Waals surface area contributed by atoms with Crippen LogP contribution in [-0.2, 0) is 14.3 Å². The molecule has 1 aliphatic carbocycles. The summed E-state index contributed by atoms with van der Waals surface area (Å²) < 4.78 is 20.6. The number of benzene rings is 1. The summed E-state index contributed by atoms with van der Waals surface area (Å²) in [5, 5.41) is 5.73. The zero-order chi connectivity index (χ0) is 27.2. The van der Waals surface area contributed by atoms with Crippen molar-refractivity contribution in [1.29, 1.82) is 0 Å². The van der Waals surface area contributed by atoms with E-state index in [1.807, 2.05) is 0 Å². The van der Waals surface area contributed by atoms with E-state index in [0.29, 0.717) is 34.2 Å². The first-order valence-electron chi connectivity index (χ1n) is 13.0. The lowest BCUT2D eigenvalue weighted by atomic mass is 9.84. The highest BCUT2D eigenvalue weighted by Crippen LogP contribution is 2.29. The van der Waals surface area contributed by atoms with Crippen molar-refractivity contribution in [2.45, 2.75) is 39.2 Å².